The molecule has 0 radical (unpaired) electrons. The van der Waals surface area contributed by atoms with Crippen molar-refractivity contribution in [3.63, 3.8) is 0 Å². The fourth-order valence-electron chi connectivity index (χ4n) is 2.39. The van der Waals surface area contributed by atoms with Crippen LogP contribution in [0.3, 0.4) is 0 Å². The number of rotatable bonds is 10. The van der Waals surface area contributed by atoms with E-state index in [4.69, 9.17) is 4.74 Å². The second kappa shape index (κ2) is 11.0. The first kappa shape index (κ1) is 21.4. The van der Waals surface area contributed by atoms with E-state index >= 15 is 0 Å². The summed E-state index contributed by atoms with van der Waals surface area (Å²) in [5.74, 6) is -0.274. The van der Waals surface area contributed by atoms with Gasteiger partial charge in [0, 0.05) is 19.6 Å². The third kappa shape index (κ3) is 5.50. The van der Waals surface area contributed by atoms with Crippen molar-refractivity contribution in [3.05, 3.63) is 17.7 Å². The van der Waals surface area contributed by atoms with E-state index < -0.39 is 5.97 Å². The van der Waals surface area contributed by atoms with Gasteiger partial charge in [-0.05, 0) is 39.3 Å². The summed E-state index contributed by atoms with van der Waals surface area (Å²) in [5.41, 5.74) is 1.81. The average molecular weight is 345 g/mol. The zero-order valence-electron chi connectivity index (χ0n) is 14.5. The highest BCUT2D eigenvalue weighted by Gasteiger charge is 2.22. The van der Waals surface area contributed by atoms with Crippen molar-refractivity contribution in [2.75, 3.05) is 36.5 Å². The van der Waals surface area contributed by atoms with Gasteiger partial charge in [0.15, 0.2) is 5.75 Å². The quantitative estimate of drug-likeness (QED) is 0.621. The first-order valence-electron chi connectivity index (χ1n) is 8.12. The predicted molar refractivity (Wildman–Crippen MR) is 98.8 cm³/mol. The Morgan fingerprint density at radius 2 is 1.87 bits per heavy atom. The number of hydrogen-bond acceptors (Lipinski definition) is 4. The molecule has 2 N–H and O–H groups in total. The molecule has 0 fully saturated rings. The van der Waals surface area contributed by atoms with E-state index in [0.717, 1.165) is 38.2 Å². The summed E-state index contributed by atoms with van der Waals surface area (Å²) >= 11 is 0. The maximum atomic E-state index is 11.6. The van der Waals surface area contributed by atoms with Crippen LogP contribution < -0.4 is 15.0 Å². The molecule has 0 aromatic heterocycles. The molecule has 0 unspecified atom stereocenters. The number of carbonyl (C=O) groups is 1. The van der Waals surface area contributed by atoms with Crippen molar-refractivity contribution >= 4 is 29.8 Å². The number of benzene rings is 1. The van der Waals surface area contributed by atoms with Crippen LogP contribution in [0.2, 0.25) is 0 Å². The third-order valence-corrected chi connectivity index (χ3v) is 3.55. The highest BCUT2D eigenvalue weighted by Crippen LogP contribution is 2.39. The Bertz CT molecular complexity index is 491. The Labute approximate surface area is 145 Å². The lowest BCUT2D eigenvalue weighted by atomic mass is 10.1. The fraction of sp³-hybridized carbons (Fsp3) is 0.588. The summed E-state index contributed by atoms with van der Waals surface area (Å²) in [5, 5.41) is 12.8. The van der Waals surface area contributed by atoms with E-state index in [9.17, 15) is 9.90 Å². The van der Waals surface area contributed by atoms with Crippen molar-refractivity contribution < 1.29 is 14.6 Å². The van der Waals surface area contributed by atoms with Crippen LogP contribution in [-0.4, -0.2) is 37.3 Å². The Balaban J connectivity index is 0.00000484. The molecule has 1 aromatic carbocycles. The van der Waals surface area contributed by atoms with E-state index in [-0.39, 0.29) is 18.0 Å². The van der Waals surface area contributed by atoms with E-state index in [0.29, 0.717) is 18.0 Å². The molecule has 0 heterocycles. The van der Waals surface area contributed by atoms with Crippen LogP contribution in [0.15, 0.2) is 12.1 Å². The van der Waals surface area contributed by atoms with E-state index in [2.05, 4.69) is 12.2 Å². The number of carboxylic acid groups (broad SMARTS) is 1. The number of hydrogen-bond donors (Lipinski definition) is 2. The molecular weight excluding hydrogens is 316 g/mol. The lowest BCUT2D eigenvalue weighted by Gasteiger charge is -2.27. The van der Waals surface area contributed by atoms with E-state index in [1.54, 1.807) is 12.1 Å². The molecule has 0 aliphatic carbocycles. The van der Waals surface area contributed by atoms with Crippen LogP contribution in [-0.2, 0) is 0 Å². The molecule has 0 aliphatic rings. The van der Waals surface area contributed by atoms with E-state index in [1.807, 2.05) is 25.7 Å². The lowest BCUT2D eigenvalue weighted by Crippen LogP contribution is -2.25. The zero-order chi connectivity index (χ0) is 16.5. The Morgan fingerprint density at radius 3 is 2.35 bits per heavy atom. The Kier molecular flexibility index (Phi) is 10.2. The van der Waals surface area contributed by atoms with Gasteiger partial charge in [0.1, 0.15) is 0 Å². The number of ether oxygens (including phenoxy) is 1. The lowest BCUT2D eigenvalue weighted by molar-refractivity contribution is 0.0697. The van der Waals surface area contributed by atoms with Gasteiger partial charge in [-0.25, -0.2) is 4.79 Å². The first-order valence-corrected chi connectivity index (χ1v) is 8.12. The number of nitrogens with zero attached hydrogens (tertiary/aromatic N) is 1. The summed E-state index contributed by atoms with van der Waals surface area (Å²) in [6.45, 7) is 11.0. The molecular formula is C17H29ClN2O3. The van der Waals surface area contributed by atoms with Crippen LogP contribution in [0.25, 0.3) is 0 Å². The van der Waals surface area contributed by atoms with Gasteiger partial charge in [-0.15, -0.1) is 12.4 Å². The molecule has 0 spiro atoms. The number of nitrogens with one attached hydrogen (secondary N) is 1. The molecule has 0 saturated heterocycles. The van der Waals surface area contributed by atoms with Crippen LogP contribution >= 0.6 is 12.4 Å². The predicted octanol–water partition coefficient (Wildman–Crippen LogP) is 4.26. The summed E-state index contributed by atoms with van der Waals surface area (Å²) in [4.78, 5) is 13.6. The van der Waals surface area contributed by atoms with Crippen LogP contribution in [0.1, 0.15) is 50.9 Å². The van der Waals surface area contributed by atoms with Crippen molar-refractivity contribution in [1.29, 1.82) is 0 Å². The van der Waals surface area contributed by atoms with Crippen molar-refractivity contribution in [3.8, 4) is 5.75 Å². The highest BCUT2D eigenvalue weighted by atomic mass is 35.5. The van der Waals surface area contributed by atoms with Crippen molar-refractivity contribution in [2.45, 2.75) is 40.5 Å². The minimum Gasteiger partial charge on any atom is -0.489 e. The summed E-state index contributed by atoms with van der Waals surface area (Å²) in [7, 11) is 0. The van der Waals surface area contributed by atoms with Crippen molar-refractivity contribution in [2.24, 2.45) is 0 Å². The summed E-state index contributed by atoms with van der Waals surface area (Å²) in [6, 6.07) is 3.45. The molecule has 5 nitrogen and oxygen atoms in total. The summed E-state index contributed by atoms with van der Waals surface area (Å²) in [6.07, 6.45) is 1.98. The van der Waals surface area contributed by atoms with Gasteiger partial charge in [-0.2, -0.15) is 0 Å². The average Bonchev–Trinajstić information content (AvgIpc) is 2.50. The number of anilines is 2. The molecule has 6 heteroatoms. The van der Waals surface area contributed by atoms with Crippen LogP contribution in [0.5, 0.6) is 5.75 Å². The SMILES string of the molecule is CCCCOc1c(NCC)ccc(C(=O)O)c1N(CC)CC.Cl. The number of aromatic carboxylic acids is 1. The first-order chi connectivity index (χ1) is 10.6. The molecule has 0 aliphatic heterocycles. The van der Waals surface area contributed by atoms with Gasteiger partial charge in [0.05, 0.1) is 23.5 Å². The molecule has 132 valence electrons. The molecule has 0 bridgehead atoms. The normalized spacial score (nSPS) is 9.91. The highest BCUT2D eigenvalue weighted by molar-refractivity contribution is 5.98. The van der Waals surface area contributed by atoms with Gasteiger partial charge >= 0.3 is 5.97 Å². The Morgan fingerprint density at radius 1 is 1.22 bits per heavy atom. The summed E-state index contributed by atoms with van der Waals surface area (Å²) < 4.78 is 5.97. The van der Waals surface area contributed by atoms with Crippen LogP contribution in [0.4, 0.5) is 11.4 Å². The van der Waals surface area contributed by atoms with Crippen molar-refractivity contribution in [1.82, 2.24) is 0 Å². The number of unbranched alkanes of at least 4 members (excludes halogenated alkanes) is 1. The maximum absolute atomic E-state index is 11.6. The van der Waals surface area contributed by atoms with Crippen LogP contribution in [0, 0.1) is 0 Å². The minimum absolute atomic E-state index is 0. The standard InChI is InChI=1S/C17H28N2O3.ClH/c1-5-9-12-22-16-14(18-6-2)11-10-13(17(20)21)15(16)19(7-3)8-4;/h10-11,18H,5-9,12H2,1-4H3,(H,20,21);1H. The number of halogens is 1. The molecule has 23 heavy (non-hydrogen) atoms. The van der Waals surface area contributed by atoms with Gasteiger partial charge in [-0.3, -0.25) is 0 Å². The number of carboxylic acids is 1. The molecule has 1 aromatic rings. The molecule has 0 saturated carbocycles. The minimum atomic E-state index is -0.926. The molecule has 0 amide bonds. The Hall–Kier alpha value is -1.62. The topological polar surface area (TPSA) is 61.8 Å². The van der Waals surface area contributed by atoms with Gasteiger partial charge in [0.2, 0.25) is 0 Å². The van der Waals surface area contributed by atoms with Gasteiger partial charge in [-0.1, -0.05) is 13.3 Å². The second-order valence-corrected chi connectivity index (χ2v) is 5.05. The van der Waals surface area contributed by atoms with Gasteiger partial charge in [0.25, 0.3) is 0 Å². The monoisotopic (exact) mass is 344 g/mol. The molecule has 0 atom stereocenters. The second-order valence-electron chi connectivity index (χ2n) is 5.05. The van der Waals surface area contributed by atoms with Gasteiger partial charge < -0.3 is 20.1 Å². The fourth-order valence-corrected chi connectivity index (χ4v) is 2.39. The molecule has 1 rings (SSSR count). The zero-order valence-corrected chi connectivity index (χ0v) is 15.3. The van der Waals surface area contributed by atoms with E-state index in [1.165, 1.54) is 0 Å². The third-order valence-electron chi connectivity index (χ3n) is 3.55. The maximum Gasteiger partial charge on any atom is 0.337 e. The largest absolute Gasteiger partial charge is 0.489 e. The smallest absolute Gasteiger partial charge is 0.337 e.